The molecule has 0 unspecified atom stereocenters. The molecule has 5 aromatic carbocycles. The molecule has 0 saturated heterocycles. The molecule has 0 amide bonds. The first kappa shape index (κ1) is 42.0. The number of ether oxygens (including phenoxy) is 1. The van der Waals surface area contributed by atoms with E-state index in [9.17, 15) is 0 Å². The van der Waals surface area contributed by atoms with Crippen molar-refractivity contribution in [1.29, 1.82) is 0 Å². The van der Waals surface area contributed by atoms with Crippen molar-refractivity contribution >= 4 is 33.2 Å². The Kier molecular flexibility index (Phi) is 11.0. The SMILES string of the molecule is CC(C)(C)c1cc(N2C=CN(c3[c-]c(Oc4[c-]c5c(c(C(C)(C)C)c4)c4ccccc4n5-c4cc(C(C)(C)C)ccn4)ccc3)[CH-]2)cc(C(C)(C)c2ccccc2)c1.[Pt]. The van der Waals surface area contributed by atoms with Gasteiger partial charge in [-0.05, 0) is 86.6 Å². The smallest absolute Gasteiger partial charge is 0.135 e. The van der Waals surface area contributed by atoms with Gasteiger partial charge < -0.3 is 19.1 Å². The Hall–Kier alpha value is -5.12. The Morgan fingerprint density at radius 1 is 0.576 bits per heavy atom. The van der Waals surface area contributed by atoms with E-state index in [4.69, 9.17) is 9.72 Å². The maximum Gasteiger partial charge on any atom is 0.135 e. The maximum absolute atomic E-state index is 6.72. The Morgan fingerprint density at radius 3 is 1.97 bits per heavy atom. The molecule has 306 valence electrons. The first-order chi connectivity index (χ1) is 27.4. The molecule has 0 bridgehead atoms. The van der Waals surface area contributed by atoms with Crippen LogP contribution in [0, 0.1) is 18.8 Å². The molecule has 0 radical (unpaired) electrons. The van der Waals surface area contributed by atoms with Crippen LogP contribution in [-0.4, -0.2) is 9.55 Å². The molecule has 2 aromatic heterocycles. The molecule has 7 aromatic rings. The van der Waals surface area contributed by atoms with Gasteiger partial charge in [0.2, 0.25) is 0 Å². The van der Waals surface area contributed by atoms with Crippen molar-refractivity contribution in [3.63, 3.8) is 0 Å². The molecule has 0 aliphatic carbocycles. The van der Waals surface area contributed by atoms with Crippen LogP contribution in [0.5, 0.6) is 11.5 Å². The van der Waals surface area contributed by atoms with Crippen molar-refractivity contribution in [1.82, 2.24) is 9.55 Å². The summed E-state index contributed by atoms with van der Waals surface area (Å²) in [6, 6.07) is 46.1. The van der Waals surface area contributed by atoms with E-state index in [1.165, 1.54) is 38.6 Å². The predicted octanol–water partition coefficient (Wildman–Crippen LogP) is 13.7. The number of nitrogens with zero attached hydrogens (tertiary/aromatic N) is 4. The summed E-state index contributed by atoms with van der Waals surface area (Å²) in [6.45, 7) is 27.1. The number of hydrogen-bond acceptors (Lipinski definition) is 4. The first-order valence-electron chi connectivity index (χ1n) is 20.4. The van der Waals surface area contributed by atoms with Crippen molar-refractivity contribution < 1.29 is 25.8 Å². The number of pyridine rings is 1. The molecule has 0 atom stereocenters. The number of aromatic nitrogens is 2. The van der Waals surface area contributed by atoms with Gasteiger partial charge in [0.05, 0.1) is 0 Å². The zero-order chi connectivity index (χ0) is 41.2. The summed E-state index contributed by atoms with van der Waals surface area (Å²) in [5.41, 5.74) is 9.92. The summed E-state index contributed by atoms with van der Waals surface area (Å²) >= 11 is 0. The van der Waals surface area contributed by atoms with Crippen LogP contribution in [0.4, 0.5) is 11.4 Å². The minimum atomic E-state index is -0.175. The molecule has 3 heterocycles. The summed E-state index contributed by atoms with van der Waals surface area (Å²) in [7, 11) is 0. The Labute approximate surface area is 366 Å². The van der Waals surface area contributed by atoms with Gasteiger partial charge in [0.15, 0.2) is 0 Å². The molecule has 5 nitrogen and oxygen atoms in total. The average molecular weight is 959 g/mol. The van der Waals surface area contributed by atoms with Crippen LogP contribution in [0.15, 0.2) is 128 Å². The molecule has 59 heavy (non-hydrogen) atoms. The number of fused-ring (bicyclic) bond motifs is 3. The van der Waals surface area contributed by atoms with Gasteiger partial charge >= 0.3 is 0 Å². The number of para-hydroxylation sites is 1. The van der Waals surface area contributed by atoms with E-state index in [0.717, 1.165) is 28.2 Å². The monoisotopic (exact) mass is 958 g/mol. The standard InChI is InChI=1S/C53H55N4O.Pt/c1-50(2,3)37-24-25-54-48(31-37)57-46-23-16-15-22-44(46)49-45(52(7,8)9)33-43(34-47(49)57)58-42-21-17-20-40(32-42)55-26-27-56(35-55)41-29-38(51(4,5)6)28-39(30-41)53(10,11)36-18-13-12-14-19-36;/h12-31,33,35H,1-11H3;/q-3;. The average Bonchev–Trinajstić information content (AvgIpc) is 3.81. The topological polar surface area (TPSA) is 33.5 Å². The molecule has 0 saturated carbocycles. The molecule has 1 aliphatic heterocycles. The summed E-state index contributed by atoms with van der Waals surface area (Å²) < 4.78 is 8.96. The Balaban J connectivity index is 0.00000528. The Bertz CT molecular complexity index is 2670. The predicted molar refractivity (Wildman–Crippen MR) is 242 cm³/mol. The second-order valence-electron chi connectivity index (χ2n) is 19.3. The van der Waals surface area contributed by atoms with Gasteiger partial charge in [-0.25, -0.2) is 4.98 Å². The van der Waals surface area contributed by atoms with Gasteiger partial charge in [-0.15, -0.1) is 48.3 Å². The second-order valence-corrected chi connectivity index (χ2v) is 19.3. The normalized spacial score (nSPS) is 13.7. The number of hydrogen-bond donors (Lipinski definition) is 0. The van der Waals surface area contributed by atoms with Gasteiger partial charge in [0.25, 0.3) is 0 Å². The van der Waals surface area contributed by atoms with E-state index in [2.05, 4.69) is 219 Å². The van der Waals surface area contributed by atoms with Crippen LogP contribution in [0.1, 0.15) is 104 Å². The van der Waals surface area contributed by atoms with Crippen LogP contribution >= 0.6 is 0 Å². The summed E-state index contributed by atoms with van der Waals surface area (Å²) in [5.74, 6) is 2.12. The zero-order valence-electron chi connectivity index (χ0n) is 36.2. The fourth-order valence-corrected chi connectivity index (χ4v) is 7.87. The molecule has 6 heteroatoms. The molecular formula is C53H55N4OPt-3. The molecule has 8 rings (SSSR count). The van der Waals surface area contributed by atoms with E-state index in [1.807, 2.05) is 18.3 Å². The third-order valence-corrected chi connectivity index (χ3v) is 11.5. The third kappa shape index (κ3) is 8.24. The maximum atomic E-state index is 6.72. The van der Waals surface area contributed by atoms with Crippen molar-refractivity contribution in [3.8, 4) is 17.3 Å². The van der Waals surface area contributed by atoms with Crippen molar-refractivity contribution in [2.75, 3.05) is 9.80 Å². The number of anilines is 2. The van der Waals surface area contributed by atoms with E-state index < -0.39 is 0 Å². The quantitative estimate of drug-likeness (QED) is 0.149. The van der Waals surface area contributed by atoms with E-state index in [-0.39, 0.29) is 42.7 Å². The summed E-state index contributed by atoms with van der Waals surface area (Å²) in [5, 5.41) is 2.34. The Morgan fingerprint density at radius 2 is 1.25 bits per heavy atom. The third-order valence-electron chi connectivity index (χ3n) is 11.5. The summed E-state index contributed by atoms with van der Waals surface area (Å²) in [6.07, 6.45) is 6.11. The van der Waals surface area contributed by atoms with Crippen LogP contribution in [-0.2, 0) is 42.7 Å². The first-order valence-corrected chi connectivity index (χ1v) is 20.4. The minimum Gasteiger partial charge on any atom is -0.509 e. The largest absolute Gasteiger partial charge is 0.509 e. The van der Waals surface area contributed by atoms with Gasteiger partial charge in [-0.3, -0.25) is 0 Å². The summed E-state index contributed by atoms with van der Waals surface area (Å²) in [4.78, 5) is 9.20. The van der Waals surface area contributed by atoms with Gasteiger partial charge in [-0.2, -0.15) is 6.07 Å². The van der Waals surface area contributed by atoms with E-state index in [0.29, 0.717) is 11.5 Å². The minimum absolute atomic E-state index is 0. The molecule has 0 N–H and O–H groups in total. The molecule has 0 fully saturated rings. The molecule has 0 spiro atoms. The van der Waals surface area contributed by atoms with E-state index >= 15 is 0 Å². The second kappa shape index (κ2) is 15.5. The zero-order valence-corrected chi connectivity index (χ0v) is 38.5. The van der Waals surface area contributed by atoms with Crippen molar-refractivity contribution in [2.24, 2.45) is 0 Å². The van der Waals surface area contributed by atoms with Crippen molar-refractivity contribution in [3.05, 3.63) is 174 Å². The number of rotatable bonds is 7. The number of benzene rings is 5. The molecule has 1 aliphatic rings. The van der Waals surface area contributed by atoms with Crippen molar-refractivity contribution in [2.45, 2.75) is 97.8 Å². The van der Waals surface area contributed by atoms with Crippen LogP contribution in [0.3, 0.4) is 0 Å². The van der Waals surface area contributed by atoms with Gasteiger partial charge in [0.1, 0.15) is 5.82 Å². The van der Waals surface area contributed by atoms with E-state index in [1.54, 1.807) is 0 Å². The van der Waals surface area contributed by atoms with Crippen LogP contribution < -0.4 is 14.5 Å². The van der Waals surface area contributed by atoms with Crippen LogP contribution in [0.25, 0.3) is 27.6 Å². The fourth-order valence-electron chi connectivity index (χ4n) is 7.87. The van der Waals surface area contributed by atoms with Gasteiger partial charge in [0, 0.05) is 55.4 Å². The molecular weight excluding hydrogens is 904 g/mol. The fraction of sp³-hybridized carbons (Fsp3) is 0.283. The van der Waals surface area contributed by atoms with Crippen LogP contribution in [0.2, 0.25) is 0 Å². The van der Waals surface area contributed by atoms with Gasteiger partial charge in [-0.1, -0.05) is 142 Å².